The third-order valence-corrected chi connectivity index (χ3v) is 6.26. The molecule has 3 aromatic rings. The minimum atomic E-state index is -0.748. The molecular formula is C29H31N2O4. The highest BCUT2D eigenvalue weighted by Gasteiger charge is 2.38. The number of likely N-dealkylation sites (tertiary alicyclic amines) is 1. The zero-order valence-corrected chi connectivity index (χ0v) is 20.7. The minimum Gasteiger partial charge on any atom is -0.444 e. The molecule has 0 saturated carbocycles. The van der Waals surface area contributed by atoms with E-state index in [-0.39, 0.29) is 24.7 Å². The summed E-state index contributed by atoms with van der Waals surface area (Å²) < 4.78 is 5.52. The predicted octanol–water partition coefficient (Wildman–Crippen LogP) is 5.44. The fourth-order valence-electron chi connectivity index (χ4n) is 4.60. The van der Waals surface area contributed by atoms with Crippen LogP contribution >= 0.6 is 0 Å². The smallest absolute Gasteiger partial charge is 0.410 e. The highest BCUT2D eigenvalue weighted by Crippen LogP contribution is 2.27. The maximum Gasteiger partial charge on any atom is 0.410 e. The Morgan fingerprint density at radius 2 is 1.83 bits per heavy atom. The highest BCUT2D eigenvalue weighted by molar-refractivity contribution is 6.01. The molecule has 0 spiro atoms. The fourth-order valence-corrected chi connectivity index (χ4v) is 4.60. The van der Waals surface area contributed by atoms with Crippen LogP contribution in [0.2, 0.25) is 0 Å². The molecule has 1 fully saturated rings. The Morgan fingerprint density at radius 3 is 2.51 bits per heavy atom. The van der Waals surface area contributed by atoms with Gasteiger partial charge in [0.15, 0.2) is 5.78 Å². The number of fused-ring (bicyclic) bond motifs is 1. The Labute approximate surface area is 206 Å². The van der Waals surface area contributed by atoms with E-state index in [0.717, 1.165) is 22.2 Å². The number of para-hydroxylation sites is 1. The second kappa shape index (κ2) is 9.98. The Balaban J connectivity index is 1.55. The largest absolute Gasteiger partial charge is 0.444 e. The second-order valence-electron chi connectivity index (χ2n) is 10.2. The van der Waals surface area contributed by atoms with Crippen molar-refractivity contribution in [3.05, 3.63) is 77.0 Å². The number of aromatic nitrogens is 1. The van der Waals surface area contributed by atoms with Crippen LogP contribution in [0.15, 0.2) is 54.6 Å². The first-order valence-corrected chi connectivity index (χ1v) is 12.0. The number of rotatable bonds is 5. The van der Waals surface area contributed by atoms with Crippen LogP contribution in [0.3, 0.4) is 0 Å². The van der Waals surface area contributed by atoms with E-state index in [1.54, 1.807) is 32.9 Å². The summed E-state index contributed by atoms with van der Waals surface area (Å²) in [6, 6.07) is 16.9. The van der Waals surface area contributed by atoms with Crippen molar-refractivity contribution in [3.8, 4) is 0 Å². The van der Waals surface area contributed by atoms with Crippen molar-refractivity contribution in [2.45, 2.75) is 58.6 Å². The molecule has 6 heteroatoms. The molecule has 1 amide bonds. The Kier molecular flexibility index (Phi) is 7.01. The molecule has 1 aromatic heterocycles. The number of carbonyl (C=O) groups excluding carboxylic acids is 3. The standard InChI is InChI=1S/C29H31N2O4/c1-19-15-23(24-7-5-6-8-25(24)30-19)16-20-9-11-22(12-10-20)27(33)26-17-21(18-32)13-14-31(26)28(34)35-29(2,3)4/h5-12,15,21,26H,13-14,16-17H2,1-4H3. The summed E-state index contributed by atoms with van der Waals surface area (Å²) in [7, 11) is 0. The summed E-state index contributed by atoms with van der Waals surface area (Å²) in [5, 5.41) is 1.12. The lowest BCUT2D eigenvalue weighted by Crippen LogP contribution is -2.51. The molecule has 0 bridgehead atoms. The van der Waals surface area contributed by atoms with Crippen molar-refractivity contribution >= 4 is 29.1 Å². The van der Waals surface area contributed by atoms with E-state index < -0.39 is 17.7 Å². The third kappa shape index (κ3) is 5.76. The molecule has 0 aliphatic carbocycles. The number of nitrogens with zero attached hydrogens (tertiary/aromatic N) is 2. The minimum absolute atomic E-state index is 0.187. The lowest BCUT2D eigenvalue weighted by Gasteiger charge is -2.37. The number of ketones is 1. The SMILES string of the molecule is Cc1cc(Cc2ccc(C(=O)C3CC([C]=O)CCN3C(=O)OC(C)(C)C)cc2)c2ccccc2n1. The Morgan fingerprint density at radius 1 is 1.11 bits per heavy atom. The summed E-state index contributed by atoms with van der Waals surface area (Å²) in [6.45, 7) is 7.65. The van der Waals surface area contributed by atoms with Crippen LogP contribution in [-0.2, 0) is 16.0 Å². The predicted molar refractivity (Wildman–Crippen MR) is 135 cm³/mol. The molecule has 1 aliphatic rings. The number of piperidine rings is 1. The molecule has 1 radical (unpaired) electrons. The van der Waals surface area contributed by atoms with E-state index >= 15 is 0 Å². The molecule has 1 aliphatic heterocycles. The van der Waals surface area contributed by atoms with E-state index in [4.69, 9.17) is 4.74 Å². The number of hydrogen-bond donors (Lipinski definition) is 0. The van der Waals surface area contributed by atoms with Crippen LogP contribution in [0.25, 0.3) is 10.9 Å². The molecule has 2 unspecified atom stereocenters. The molecule has 6 nitrogen and oxygen atoms in total. The Hall–Kier alpha value is -3.54. The summed E-state index contributed by atoms with van der Waals surface area (Å²) >= 11 is 0. The number of carbonyl (C=O) groups is 2. The van der Waals surface area contributed by atoms with E-state index in [0.29, 0.717) is 18.4 Å². The summed E-state index contributed by atoms with van der Waals surface area (Å²) in [4.78, 5) is 43.6. The van der Waals surface area contributed by atoms with Gasteiger partial charge >= 0.3 is 6.09 Å². The van der Waals surface area contributed by atoms with Gasteiger partial charge in [0, 0.05) is 29.1 Å². The maximum atomic E-state index is 13.4. The van der Waals surface area contributed by atoms with Gasteiger partial charge in [0.1, 0.15) is 5.60 Å². The molecule has 2 aromatic carbocycles. The maximum absolute atomic E-state index is 13.4. The van der Waals surface area contributed by atoms with Gasteiger partial charge in [0.2, 0.25) is 6.29 Å². The number of benzene rings is 2. The van der Waals surface area contributed by atoms with Crippen LogP contribution in [0.1, 0.15) is 60.8 Å². The lowest BCUT2D eigenvalue weighted by molar-refractivity contribution is 0.00826. The molecular weight excluding hydrogens is 440 g/mol. The Bertz CT molecular complexity index is 1240. The van der Waals surface area contributed by atoms with Gasteiger partial charge in [0.05, 0.1) is 11.6 Å². The van der Waals surface area contributed by atoms with Crippen LogP contribution < -0.4 is 0 Å². The number of ether oxygens (including phenoxy) is 1. The van der Waals surface area contributed by atoms with Crippen LogP contribution in [0, 0.1) is 12.8 Å². The summed E-state index contributed by atoms with van der Waals surface area (Å²) in [5.41, 5.74) is 4.02. The van der Waals surface area contributed by atoms with Crippen LogP contribution in [0.5, 0.6) is 0 Å². The second-order valence-corrected chi connectivity index (χ2v) is 10.2. The van der Waals surface area contributed by atoms with E-state index in [2.05, 4.69) is 17.1 Å². The van der Waals surface area contributed by atoms with E-state index in [9.17, 15) is 14.4 Å². The first-order chi connectivity index (χ1) is 16.6. The summed E-state index contributed by atoms with van der Waals surface area (Å²) in [6.07, 6.45) is 2.94. The number of hydrogen-bond acceptors (Lipinski definition) is 5. The molecule has 4 rings (SSSR count). The number of amides is 1. The van der Waals surface area contributed by atoms with Crippen molar-refractivity contribution in [2.24, 2.45) is 5.92 Å². The molecule has 2 atom stereocenters. The molecule has 1 saturated heterocycles. The number of Topliss-reactive ketones (excluding diaryl/α,β-unsaturated/α-hetero) is 1. The van der Waals surface area contributed by atoms with Gasteiger partial charge in [-0.05, 0) is 70.2 Å². The average Bonchev–Trinajstić information content (AvgIpc) is 2.82. The number of aryl methyl sites for hydroxylation is 1. The van der Waals surface area contributed by atoms with E-state index in [1.807, 2.05) is 43.5 Å². The van der Waals surface area contributed by atoms with E-state index in [1.165, 1.54) is 10.5 Å². The van der Waals surface area contributed by atoms with Gasteiger partial charge in [-0.15, -0.1) is 0 Å². The zero-order valence-electron chi connectivity index (χ0n) is 20.7. The van der Waals surface area contributed by atoms with Crippen LogP contribution in [0.4, 0.5) is 4.79 Å². The summed E-state index contributed by atoms with van der Waals surface area (Å²) in [5.74, 6) is -0.558. The van der Waals surface area contributed by atoms with Crippen molar-refractivity contribution in [3.63, 3.8) is 0 Å². The third-order valence-electron chi connectivity index (χ3n) is 6.26. The molecule has 0 N–H and O–H groups in total. The monoisotopic (exact) mass is 471 g/mol. The fraction of sp³-hybridized carbons (Fsp3) is 0.379. The van der Waals surface area contributed by atoms with Crippen molar-refractivity contribution < 1.29 is 19.1 Å². The van der Waals surface area contributed by atoms with Crippen LogP contribution in [-0.4, -0.2) is 46.2 Å². The van der Waals surface area contributed by atoms with Gasteiger partial charge in [-0.2, -0.15) is 0 Å². The van der Waals surface area contributed by atoms with Crippen molar-refractivity contribution in [1.29, 1.82) is 0 Å². The zero-order chi connectivity index (χ0) is 25.2. The normalized spacial score (nSPS) is 18.3. The van der Waals surface area contributed by atoms with Crippen molar-refractivity contribution in [2.75, 3.05) is 6.54 Å². The first kappa shape index (κ1) is 24.6. The van der Waals surface area contributed by atoms with Crippen molar-refractivity contribution in [1.82, 2.24) is 9.88 Å². The molecule has 181 valence electrons. The lowest BCUT2D eigenvalue weighted by atomic mass is 9.87. The highest BCUT2D eigenvalue weighted by atomic mass is 16.6. The van der Waals surface area contributed by atoms with Gasteiger partial charge in [0.25, 0.3) is 0 Å². The van der Waals surface area contributed by atoms with Gasteiger partial charge in [-0.3, -0.25) is 19.5 Å². The van der Waals surface area contributed by atoms with Gasteiger partial charge < -0.3 is 4.74 Å². The van der Waals surface area contributed by atoms with Gasteiger partial charge in [-0.1, -0.05) is 42.5 Å². The van der Waals surface area contributed by atoms with Gasteiger partial charge in [-0.25, -0.2) is 4.79 Å². The topological polar surface area (TPSA) is 76.6 Å². The first-order valence-electron chi connectivity index (χ1n) is 12.0. The molecule has 2 heterocycles. The molecule has 35 heavy (non-hydrogen) atoms. The number of pyridine rings is 1. The quantitative estimate of drug-likeness (QED) is 0.463. The average molecular weight is 472 g/mol.